The Morgan fingerprint density at radius 1 is 0.296 bits per heavy atom. The van der Waals surface area contributed by atoms with Crippen LogP contribution < -0.4 is 0 Å². The van der Waals surface area contributed by atoms with E-state index in [1.54, 1.807) is 11.1 Å². The fraction of sp³-hybridized carbons (Fsp3) is 0.467. The number of hydrogen-bond acceptors (Lipinski definition) is 0. The van der Waals surface area contributed by atoms with Crippen molar-refractivity contribution in [2.24, 2.45) is 0 Å². The molecule has 2 aliphatic rings. The molecule has 0 amide bonds. The number of hydrogen-bond donors (Lipinski definition) is 0. The number of allylic oxidation sites excluding steroid dienone is 4. The van der Waals surface area contributed by atoms with Crippen molar-refractivity contribution in [3.63, 3.8) is 0 Å². The Labute approximate surface area is 457 Å². The molecule has 71 heavy (non-hydrogen) atoms. The van der Waals surface area contributed by atoms with Crippen LogP contribution in [-0.4, -0.2) is 106 Å². The van der Waals surface area contributed by atoms with Crippen molar-refractivity contribution < 1.29 is 0 Å². The summed E-state index contributed by atoms with van der Waals surface area (Å²) in [4.78, 5) is 0. The van der Waals surface area contributed by atoms with Crippen molar-refractivity contribution in [1.82, 2.24) is 0 Å². The van der Waals surface area contributed by atoms with E-state index in [1.165, 1.54) is 11.1 Å². The summed E-state index contributed by atoms with van der Waals surface area (Å²) in [6, 6.07) is 48.3. The normalized spacial score (nSPS) is 18.9. The molecule has 4 aromatic carbocycles. The minimum absolute atomic E-state index is 0.879. The predicted octanol–water partition coefficient (Wildman–Crippen LogP) is 19.3. The van der Waals surface area contributed by atoms with Gasteiger partial charge in [0.1, 0.15) is 0 Å². The molecule has 380 valence electrons. The molecule has 0 aromatic heterocycles. The molecule has 0 radical (unpaired) electrons. The third-order valence-electron chi connectivity index (χ3n) is 16.6. The van der Waals surface area contributed by atoms with E-state index < -0.39 is 106 Å². The van der Waals surface area contributed by atoms with Gasteiger partial charge in [-0.1, -0.05) is 0 Å². The van der Waals surface area contributed by atoms with Crippen molar-refractivity contribution in [1.29, 1.82) is 0 Å². The molecular weight excluding hydrogens is 1070 g/mol. The summed E-state index contributed by atoms with van der Waals surface area (Å²) < 4.78 is 15.1. The minimum atomic E-state index is -3.78. The first-order valence-electron chi connectivity index (χ1n) is 27.5. The van der Waals surface area contributed by atoms with E-state index in [2.05, 4.69) is 291 Å². The summed E-state index contributed by atoms with van der Waals surface area (Å²) >= 11 is -7.36. The molecule has 1 spiro atoms. The van der Waals surface area contributed by atoms with Crippen LogP contribution in [0.2, 0.25) is 173 Å². The predicted molar refractivity (Wildman–Crippen MR) is 355 cm³/mol. The first-order chi connectivity index (χ1) is 32.4. The van der Waals surface area contributed by atoms with E-state index in [4.69, 9.17) is 0 Å². The third kappa shape index (κ3) is 12.3. The maximum absolute atomic E-state index is 3.78. The zero-order valence-corrected chi connectivity index (χ0v) is 62.1. The molecule has 0 atom stereocenters. The topological polar surface area (TPSA) is 0 Å². The summed E-state index contributed by atoms with van der Waals surface area (Å²) in [6.07, 6.45) is 5.80. The summed E-state index contributed by atoms with van der Waals surface area (Å²) in [6.45, 7) is 67.5. The van der Waals surface area contributed by atoms with Crippen LogP contribution in [0.25, 0.3) is 21.0 Å². The van der Waals surface area contributed by atoms with Gasteiger partial charge in [-0.15, -0.1) is 0 Å². The molecule has 2 heterocycles. The second kappa shape index (κ2) is 21.2. The molecule has 0 bridgehead atoms. The van der Waals surface area contributed by atoms with E-state index in [1.807, 2.05) is 26.5 Å². The molecule has 0 saturated heterocycles. The van der Waals surface area contributed by atoms with Crippen molar-refractivity contribution in [2.45, 2.75) is 173 Å². The summed E-state index contributed by atoms with van der Waals surface area (Å²) in [5, 5.41) is 0. The van der Waals surface area contributed by atoms with Gasteiger partial charge in [0.2, 0.25) is 0 Å². The van der Waals surface area contributed by atoms with Gasteiger partial charge in [0.05, 0.1) is 0 Å². The summed E-state index contributed by atoms with van der Waals surface area (Å²) in [5.41, 5.74) is 5.97. The van der Waals surface area contributed by atoms with Gasteiger partial charge in [-0.3, -0.25) is 0 Å². The quantitative estimate of drug-likeness (QED) is 0.0871. The van der Waals surface area contributed by atoms with Gasteiger partial charge in [-0.2, -0.15) is 0 Å². The second-order valence-corrected chi connectivity index (χ2v) is 94.8. The zero-order chi connectivity index (χ0) is 53.3. The van der Waals surface area contributed by atoms with Crippen LogP contribution >= 0.6 is 0 Å². The van der Waals surface area contributed by atoms with Crippen LogP contribution in [0.4, 0.5) is 0 Å². The first kappa shape index (κ1) is 59.4. The fourth-order valence-corrected chi connectivity index (χ4v) is 130. The first-order valence-corrected chi connectivity index (χ1v) is 64.2. The molecule has 0 saturated carbocycles. The number of rotatable bonds is 18. The van der Waals surface area contributed by atoms with Gasteiger partial charge < -0.3 is 0 Å². The number of benzene rings is 4. The average Bonchev–Trinajstić information content (AvgIpc) is 3.18. The Hall–Kier alpha value is -0.817. The standard InChI is InChI=1S/C32H22Ge.4C7H19Si2.2Al/c1-5-13-25(14-6-1)21-29-23-31(27-17-9-3-10-18-27)33(29)30(22-26-15-7-2-8-16-26)24-32(33)28-19-11-4-12-20-28;4*1-8(2,3)7-9(4,5)6;;/h1-22H;4*7H,1-6H3;;/b29-21+,30-22+;;;;;;. The van der Waals surface area contributed by atoms with Crippen LogP contribution in [0.15, 0.2) is 139 Å². The maximum atomic E-state index is 2.90. The van der Waals surface area contributed by atoms with Crippen molar-refractivity contribution in [3.8, 4) is 0 Å². The van der Waals surface area contributed by atoms with Crippen molar-refractivity contribution >= 4 is 127 Å². The Balaban J connectivity index is 2.06. The third-order valence-corrected chi connectivity index (χ3v) is 103. The van der Waals surface area contributed by atoms with E-state index in [-0.39, 0.29) is 0 Å². The van der Waals surface area contributed by atoms with Gasteiger partial charge in [0, 0.05) is 0 Å². The van der Waals surface area contributed by atoms with Crippen LogP contribution in [-0.2, 0) is 0 Å². The van der Waals surface area contributed by atoms with Gasteiger partial charge >= 0.3 is 462 Å². The van der Waals surface area contributed by atoms with E-state index >= 15 is 0 Å². The Bertz CT molecular complexity index is 2320. The molecule has 0 nitrogen and oxygen atoms in total. The van der Waals surface area contributed by atoms with Crippen molar-refractivity contribution in [3.05, 3.63) is 161 Å². The summed E-state index contributed by atoms with van der Waals surface area (Å²) in [5.74, 6) is 0. The van der Waals surface area contributed by atoms with Crippen LogP contribution in [0, 0.1) is 0 Å². The Morgan fingerprint density at radius 3 is 0.690 bits per heavy atom. The van der Waals surface area contributed by atoms with Gasteiger partial charge in [0.25, 0.3) is 0 Å². The molecule has 6 rings (SSSR count). The molecular formula is C60H98Al2GeSi8. The molecule has 0 N–H and O–H groups in total. The fourth-order valence-electron chi connectivity index (χ4n) is 16.8. The molecule has 0 fully saturated rings. The Kier molecular flexibility index (Phi) is 17.7. The summed E-state index contributed by atoms with van der Waals surface area (Å²) in [7, 11) is -13.8. The average molecular weight is 1170 g/mol. The van der Waals surface area contributed by atoms with Gasteiger partial charge in [-0.05, 0) is 0 Å². The Morgan fingerprint density at radius 2 is 0.493 bits per heavy atom. The molecule has 2 aliphatic heterocycles. The van der Waals surface area contributed by atoms with Gasteiger partial charge in [-0.25, -0.2) is 0 Å². The van der Waals surface area contributed by atoms with Crippen LogP contribution in [0.5, 0.6) is 0 Å². The molecule has 0 unspecified atom stereocenters. The monoisotopic (exact) mass is 1170 g/mol. The zero-order valence-electron chi connectivity index (χ0n) is 49.7. The second-order valence-electron chi connectivity index (χ2n) is 30.9. The van der Waals surface area contributed by atoms with Crippen molar-refractivity contribution in [2.75, 3.05) is 0 Å². The molecule has 0 aliphatic carbocycles. The van der Waals surface area contributed by atoms with Crippen LogP contribution in [0.3, 0.4) is 0 Å². The molecule has 11 heteroatoms. The van der Waals surface area contributed by atoms with E-state index in [0.717, 1.165) is 16.1 Å². The van der Waals surface area contributed by atoms with E-state index in [9.17, 15) is 0 Å². The van der Waals surface area contributed by atoms with E-state index in [0.29, 0.717) is 0 Å². The SMILES string of the molecule is C[Si](C)(C)[CH]([Al]([C]1=[C](c2ccccc2)[Ge]2([C](c3ccccc3)=[C]([Al]([CH]([Si](C)(C)C)[Si](C)(C)C)[CH]([Si](C)(C)C)[Si](C)(C)C)/[C]2=C\c2ccccc2)/[C]1=C/c1ccccc1)[CH]([Si](C)(C)C)[Si](C)(C)C)[Si](C)(C)C. The molecule has 4 aromatic rings. The van der Waals surface area contributed by atoms with Crippen LogP contribution in [0.1, 0.15) is 22.3 Å². The van der Waals surface area contributed by atoms with Gasteiger partial charge in [0.15, 0.2) is 0 Å².